The second kappa shape index (κ2) is 18.3. The minimum atomic E-state index is -2.42. The molecule has 2 aliphatic rings. The van der Waals surface area contributed by atoms with Crippen molar-refractivity contribution >= 4 is 47.6 Å². The Morgan fingerprint density at radius 2 is 1.26 bits per heavy atom. The smallest absolute Gasteiger partial charge is 0.619 e. The van der Waals surface area contributed by atoms with Gasteiger partial charge in [0.15, 0.2) is 18.1 Å². The third kappa shape index (κ3) is 9.15. The number of rotatable bonds is 14. The zero-order valence-electron chi connectivity index (χ0n) is 29.7. The van der Waals surface area contributed by atoms with Crippen LogP contribution in [0.25, 0.3) is 0 Å². The normalized spacial score (nSPS) is 21.2. The highest BCUT2D eigenvalue weighted by Crippen LogP contribution is 2.39. The van der Waals surface area contributed by atoms with E-state index in [1.807, 2.05) is 44.2 Å². The van der Waals surface area contributed by atoms with Crippen molar-refractivity contribution in [3.8, 4) is 0 Å². The molecule has 13 heteroatoms. The van der Waals surface area contributed by atoms with E-state index in [0.29, 0.717) is 11.7 Å². The first kappa shape index (κ1) is 38.6. The van der Waals surface area contributed by atoms with Crippen molar-refractivity contribution in [3.63, 3.8) is 0 Å². The quantitative estimate of drug-likeness (QED) is 0.0547. The van der Waals surface area contributed by atoms with E-state index in [1.54, 1.807) is 97.1 Å². The van der Waals surface area contributed by atoms with Gasteiger partial charge in [0.1, 0.15) is 18.8 Å². The first-order valence-electron chi connectivity index (χ1n) is 17.7. The number of benzene rings is 4. The molecule has 4 aromatic carbocycles. The van der Waals surface area contributed by atoms with Crippen LogP contribution in [0.3, 0.4) is 0 Å². The highest BCUT2D eigenvalue weighted by Gasteiger charge is 2.60. The Morgan fingerprint density at radius 1 is 0.759 bits per heavy atom. The monoisotopic (exact) mass is 767 g/mol. The predicted octanol–water partition coefficient (Wildman–Crippen LogP) is 7.64. The number of halogens is 1. The Labute approximate surface area is 322 Å². The van der Waals surface area contributed by atoms with E-state index in [0.717, 1.165) is 5.56 Å². The molecule has 2 heterocycles. The van der Waals surface area contributed by atoms with E-state index in [2.05, 4.69) is 0 Å². The molecule has 6 atom stereocenters. The Morgan fingerprint density at radius 3 is 1.78 bits per heavy atom. The highest BCUT2D eigenvalue weighted by molar-refractivity contribution is 7.03. The Hall–Kier alpha value is -5.12. The summed E-state index contributed by atoms with van der Waals surface area (Å²) in [6, 6.07) is 33.3. The third-order valence-electron chi connectivity index (χ3n) is 9.04. The number of esters is 3. The van der Waals surface area contributed by atoms with Gasteiger partial charge in [-0.2, -0.15) is 0 Å². The van der Waals surface area contributed by atoms with E-state index in [1.165, 1.54) is 4.90 Å². The fourth-order valence-electron chi connectivity index (χ4n) is 6.25. The molecule has 0 spiro atoms. The minimum Gasteiger partial charge on any atom is -0.619 e. The molecule has 0 aliphatic carbocycles. The molecule has 6 rings (SSSR count). The van der Waals surface area contributed by atoms with Crippen LogP contribution in [0.4, 0.5) is 4.79 Å². The Bertz CT molecular complexity index is 1920. The van der Waals surface area contributed by atoms with E-state index >= 15 is 0 Å². The molecule has 0 bridgehead atoms. The lowest BCUT2D eigenvalue weighted by Crippen LogP contribution is -2.63. The molecular formula is C41H39AlClNO10. The van der Waals surface area contributed by atoms with Gasteiger partial charge in [0.05, 0.1) is 16.7 Å². The van der Waals surface area contributed by atoms with Gasteiger partial charge in [-0.1, -0.05) is 98.8 Å². The number of amides is 1. The number of carbonyl (C=O) groups is 4. The molecule has 2 fully saturated rings. The summed E-state index contributed by atoms with van der Waals surface area (Å²) >= 11 is -2.42. The second-order valence-electron chi connectivity index (χ2n) is 12.6. The lowest BCUT2D eigenvalue weighted by atomic mass is 9.94. The lowest BCUT2D eigenvalue weighted by Gasteiger charge is -2.43. The van der Waals surface area contributed by atoms with E-state index < -0.39 is 74.8 Å². The van der Waals surface area contributed by atoms with Crippen LogP contribution in [-0.2, 0) is 27.5 Å². The molecule has 278 valence electrons. The number of ether oxygens (including phenoxy) is 5. The molecule has 11 nitrogen and oxygen atoms in total. The first-order valence-corrected chi connectivity index (χ1v) is 20.8. The average Bonchev–Trinajstić information content (AvgIpc) is 3.55. The van der Waals surface area contributed by atoms with Crippen LogP contribution < -0.4 is 0 Å². The summed E-state index contributed by atoms with van der Waals surface area (Å²) in [6.45, 7) is 3.44. The molecule has 54 heavy (non-hydrogen) atoms. The van der Waals surface area contributed by atoms with Gasteiger partial charge in [0.2, 0.25) is 6.29 Å². The van der Waals surface area contributed by atoms with Crippen molar-refractivity contribution in [1.29, 1.82) is 0 Å². The van der Waals surface area contributed by atoms with Crippen LogP contribution in [-0.4, -0.2) is 79.7 Å². The number of carbonyl (C=O) groups excluding carboxylic acids is 4. The topological polar surface area (TPSA) is 127 Å². The summed E-state index contributed by atoms with van der Waals surface area (Å²) in [7, 11) is 6.71. The highest BCUT2D eigenvalue weighted by atomic mass is 35.6. The van der Waals surface area contributed by atoms with Gasteiger partial charge in [-0.05, 0) is 59.7 Å². The fourth-order valence-corrected chi connectivity index (χ4v) is 7.14. The zero-order chi connectivity index (χ0) is 38.0. The van der Waals surface area contributed by atoms with Crippen LogP contribution in [0, 0.1) is 0 Å². The summed E-state index contributed by atoms with van der Waals surface area (Å²) < 4.78 is 36.5. The molecular weight excluding hydrogens is 729 g/mol. The summed E-state index contributed by atoms with van der Waals surface area (Å²) in [4.78, 5) is 55.9. The van der Waals surface area contributed by atoms with Gasteiger partial charge in [0.25, 0.3) is 0 Å². The molecule has 4 aromatic rings. The van der Waals surface area contributed by atoms with Crippen molar-refractivity contribution < 1.29 is 46.7 Å². The number of hydrogen-bond donors (Lipinski definition) is 0. The summed E-state index contributed by atoms with van der Waals surface area (Å²) in [5.41, 5.74) is 1.66. The fraction of sp³-hybridized carbons (Fsp3) is 0.268. The molecule has 0 aromatic heterocycles. The van der Waals surface area contributed by atoms with Crippen molar-refractivity contribution in [2.75, 3.05) is 6.61 Å². The maximum absolute atomic E-state index is 14.0. The van der Waals surface area contributed by atoms with E-state index in [-0.39, 0.29) is 28.5 Å². The second-order valence-corrected chi connectivity index (χ2v) is 15.9. The summed E-state index contributed by atoms with van der Waals surface area (Å²) in [5, 5.41) is 0.521. The van der Waals surface area contributed by atoms with Crippen LogP contribution >= 0.6 is 10.0 Å². The van der Waals surface area contributed by atoms with Gasteiger partial charge in [-0.15, -0.1) is 0 Å². The van der Waals surface area contributed by atoms with Crippen LogP contribution in [0.1, 0.15) is 62.8 Å². The average molecular weight is 768 g/mol. The standard InChI is InChI=1S/C39H35NO10.C2H5.Al.ClH/c1-2-25(26-15-7-3-8-16-26)23-31(41)40-32-34(49-37(44)29-21-13-6-14-22-29)33(48-36(43)28-19-11-5-12-20-28)30(47-38(32)50-39(40)45)24-46-35(42)27-17-9-4-10-18-27;1-2;;/h3-23,25,30,32-34,38,41H,2,24H2,1H3;1H2,2H3;;1H/q;;+2;/p-2/b31-23-;;;/t25?,30-,32-,33-,34-,38-;;;/m1.../s1. The summed E-state index contributed by atoms with van der Waals surface area (Å²) in [6.07, 6.45) is -3.88. The number of allylic oxidation sites excluding steroid dienone is 1. The zero-order valence-corrected chi connectivity index (χ0v) is 31.6. The van der Waals surface area contributed by atoms with Crippen LogP contribution in [0.15, 0.2) is 133 Å². The van der Waals surface area contributed by atoms with E-state index in [9.17, 15) is 19.2 Å². The lowest BCUT2D eigenvalue weighted by molar-refractivity contribution is -0.240. The number of fused-ring (bicyclic) bond motifs is 1. The van der Waals surface area contributed by atoms with Crippen molar-refractivity contribution in [1.82, 2.24) is 4.90 Å². The molecule has 2 aliphatic heterocycles. The van der Waals surface area contributed by atoms with Crippen molar-refractivity contribution in [2.45, 2.75) is 62.1 Å². The molecule has 1 amide bonds. The largest absolute Gasteiger partial charge is 0.680 e. The van der Waals surface area contributed by atoms with Crippen molar-refractivity contribution in [2.24, 2.45) is 0 Å². The Kier molecular flexibility index (Phi) is 13.1. The predicted molar refractivity (Wildman–Crippen MR) is 200 cm³/mol. The number of hydrogen-bond acceptors (Lipinski definition) is 10. The maximum atomic E-state index is 14.0. The molecule has 1 unspecified atom stereocenters. The van der Waals surface area contributed by atoms with Gasteiger partial charge in [0, 0.05) is 5.92 Å². The SMILES string of the molecule is CCC(/C=C(\[O][Al]([Cl])[CH2]C)N1C(=O)O[C@H]2O[C@H](COC(=O)c3ccccc3)[C@@H](OC(=O)c3ccccc3)[C@H](OC(=O)c3ccccc3)[C@H]21)c1ccccc1. The van der Waals surface area contributed by atoms with Gasteiger partial charge < -0.3 is 27.5 Å². The maximum Gasteiger partial charge on any atom is 0.680 e. The van der Waals surface area contributed by atoms with Crippen LogP contribution in [0.5, 0.6) is 0 Å². The number of nitrogens with zero attached hydrogens (tertiary/aromatic N) is 1. The molecule has 0 N–H and O–H groups in total. The van der Waals surface area contributed by atoms with E-state index in [4.69, 9.17) is 37.5 Å². The van der Waals surface area contributed by atoms with Crippen LogP contribution in [0.2, 0.25) is 5.28 Å². The minimum absolute atomic E-state index is 0.100. The van der Waals surface area contributed by atoms with Crippen molar-refractivity contribution in [3.05, 3.63) is 156 Å². The Balaban J connectivity index is 1.43. The molecule has 2 saturated heterocycles. The molecule has 0 radical (unpaired) electrons. The van der Waals surface area contributed by atoms with Gasteiger partial charge in [-0.25, -0.2) is 34.1 Å². The summed E-state index contributed by atoms with van der Waals surface area (Å²) in [5.74, 6) is -2.31. The van der Waals surface area contributed by atoms with Gasteiger partial charge in [-0.3, -0.25) is 0 Å². The third-order valence-corrected chi connectivity index (χ3v) is 11.4. The molecule has 0 saturated carbocycles. The first-order chi connectivity index (χ1) is 26.3. The van der Waals surface area contributed by atoms with Gasteiger partial charge >= 0.3 is 37.6 Å².